The van der Waals surface area contributed by atoms with Gasteiger partial charge in [0.2, 0.25) is 0 Å². The van der Waals surface area contributed by atoms with E-state index in [0.29, 0.717) is 24.5 Å². The average molecular weight is 212 g/mol. The first-order valence-corrected chi connectivity index (χ1v) is 5.03. The summed E-state index contributed by atoms with van der Waals surface area (Å²) in [6.45, 7) is 2.90. The highest BCUT2D eigenvalue weighted by molar-refractivity contribution is 5.36. The van der Waals surface area contributed by atoms with Crippen molar-refractivity contribution in [2.45, 2.75) is 19.4 Å². The van der Waals surface area contributed by atoms with Gasteiger partial charge in [0.25, 0.3) is 0 Å². The Kier molecular flexibility index (Phi) is 4.52. The molecule has 0 fully saturated rings. The first kappa shape index (κ1) is 11.9. The molecule has 0 aliphatic rings. The molecular weight excluding hydrogens is 195 g/mol. The second-order valence-electron chi connectivity index (χ2n) is 3.46. The van der Waals surface area contributed by atoms with Crippen molar-refractivity contribution in [2.24, 2.45) is 11.5 Å². The summed E-state index contributed by atoms with van der Waals surface area (Å²) in [4.78, 5) is 0. The maximum Gasteiger partial charge on any atom is 0.124 e. The van der Waals surface area contributed by atoms with E-state index in [9.17, 15) is 4.39 Å². The van der Waals surface area contributed by atoms with Crippen LogP contribution in [0.1, 0.15) is 24.9 Å². The zero-order valence-corrected chi connectivity index (χ0v) is 8.87. The van der Waals surface area contributed by atoms with Gasteiger partial charge in [-0.05, 0) is 38.1 Å². The Morgan fingerprint density at radius 2 is 2.20 bits per heavy atom. The van der Waals surface area contributed by atoms with E-state index >= 15 is 0 Å². The molecule has 1 aromatic carbocycles. The van der Waals surface area contributed by atoms with Gasteiger partial charge in [0.1, 0.15) is 11.6 Å². The van der Waals surface area contributed by atoms with E-state index in [1.165, 1.54) is 12.1 Å². The fourth-order valence-corrected chi connectivity index (χ4v) is 1.27. The van der Waals surface area contributed by atoms with E-state index in [1.807, 2.05) is 0 Å². The molecule has 1 unspecified atom stereocenters. The smallest absolute Gasteiger partial charge is 0.124 e. The van der Waals surface area contributed by atoms with Crippen LogP contribution in [-0.4, -0.2) is 13.2 Å². The van der Waals surface area contributed by atoms with Crippen LogP contribution >= 0.6 is 0 Å². The monoisotopic (exact) mass is 212 g/mol. The molecule has 0 aliphatic carbocycles. The van der Waals surface area contributed by atoms with Crippen LogP contribution in [0, 0.1) is 5.82 Å². The van der Waals surface area contributed by atoms with Crippen molar-refractivity contribution in [1.82, 2.24) is 0 Å². The summed E-state index contributed by atoms with van der Waals surface area (Å²) in [5, 5.41) is 0. The topological polar surface area (TPSA) is 61.3 Å². The van der Waals surface area contributed by atoms with Gasteiger partial charge >= 0.3 is 0 Å². The van der Waals surface area contributed by atoms with Crippen molar-refractivity contribution < 1.29 is 9.13 Å². The number of halogens is 1. The van der Waals surface area contributed by atoms with Crippen molar-refractivity contribution in [3.63, 3.8) is 0 Å². The van der Waals surface area contributed by atoms with Gasteiger partial charge in [-0.3, -0.25) is 0 Å². The summed E-state index contributed by atoms with van der Waals surface area (Å²) in [5.74, 6) is 0.341. The Balaban J connectivity index is 2.77. The molecule has 3 nitrogen and oxygen atoms in total. The highest BCUT2D eigenvalue weighted by Crippen LogP contribution is 2.24. The number of hydrogen-bond acceptors (Lipinski definition) is 3. The van der Waals surface area contributed by atoms with Crippen LogP contribution in [0.25, 0.3) is 0 Å². The molecule has 0 bridgehead atoms. The van der Waals surface area contributed by atoms with Gasteiger partial charge in [-0.25, -0.2) is 4.39 Å². The summed E-state index contributed by atoms with van der Waals surface area (Å²) in [6.07, 6.45) is 0.774. The van der Waals surface area contributed by atoms with Gasteiger partial charge in [0, 0.05) is 11.6 Å². The van der Waals surface area contributed by atoms with Crippen molar-refractivity contribution in [1.29, 1.82) is 0 Å². The molecule has 84 valence electrons. The molecule has 0 heterocycles. The summed E-state index contributed by atoms with van der Waals surface area (Å²) in [5.41, 5.74) is 11.8. The van der Waals surface area contributed by atoms with Crippen molar-refractivity contribution in [2.75, 3.05) is 13.2 Å². The van der Waals surface area contributed by atoms with Crippen LogP contribution in [0.3, 0.4) is 0 Å². The largest absolute Gasteiger partial charge is 0.493 e. The van der Waals surface area contributed by atoms with Gasteiger partial charge in [0.15, 0.2) is 0 Å². The zero-order valence-electron chi connectivity index (χ0n) is 8.87. The highest BCUT2D eigenvalue weighted by Gasteiger charge is 2.09. The number of rotatable bonds is 5. The normalized spacial score (nSPS) is 12.5. The minimum absolute atomic E-state index is 0.242. The Morgan fingerprint density at radius 1 is 1.47 bits per heavy atom. The third-order valence-electron chi connectivity index (χ3n) is 2.07. The molecule has 0 saturated carbocycles. The van der Waals surface area contributed by atoms with E-state index in [1.54, 1.807) is 13.0 Å². The summed E-state index contributed by atoms with van der Waals surface area (Å²) < 4.78 is 18.4. The second-order valence-corrected chi connectivity index (χ2v) is 3.46. The minimum Gasteiger partial charge on any atom is -0.493 e. The average Bonchev–Trinajstić information content (AvgIpc) is 2.20. The molecule has 0 amide bonds. The fraction of sp³-hybridized carbons (Fsp3) is 0.455. The predicted octanol–water partition coefficient (Wildman–Crippen LogP) is 1.57. The third kappa shape index (κ3) is 3.49. The SMILES string of the molecule is CC(N)c1cc(F)ccc1OCCCN. The fourth-order valence-electron chi connectivity index (χ4n) is 1.27. The van der Waals surface area contributed by atoms with Crippen molar-refractivity contribution in [3.8, 4) is 5.75 Å². The summed E-state index contributed by atoms with van der Waals surface area (Å²) in [7, 11) is 0. The quantitative estimate of drug-likeness (QED) is 0.728. The van der Waals surface area contributed by atoms with Crippen LogP contribution < -0.4 is 16.2 Å². The maximum absolute atomic E-state index is 13.0. The molecule has 4 heteroatoms. The number of nitrogens with two attached hydrogens (primary N) is 2. The first-order chi connectivity index (χ1) is 7.15. The second kappa shape index (κ2) is 5.68. The standard InChI is InChI=1S/C11H17FN2O/c1-8(14)10-7-9(12)3-4-11(10)15-6-2-5-13/h3-4,7-8H,2,5-6,13-14H2,1H3. The van der Waals surface area contributed by atoms with E-state index in [0.717, 1.165) is 6.42 Å². The number of hydrogen-bond donors (Lipinski definition) is 2. The van der Waals surface area contributed by atoms with E-state index in [2.05, 4.69) is 0 Å². The van der Waals surface area contributed by atoms with Crippen LogP contribution in [0.2, 0.25) is 0 Å². The van der Waals surface area contributed by atoms with E-state index in [4.69, 9.17) is 16.2 Å². The van der Waals surface area contributed by atoms with Crippen LogP contribution in [-0.2, 0) is 0 Å². The maximum atomic E-state index is 13.0. The first-order valence-electron chi connectivity index (χ1n) is 5.03. The van der Waals surface area contributed by atoms with Gasteiger partial charge in [-0.15, -0.1) is 0 Å². The lowest BCUT2D eigenvalue weighted by molar-refractivity contribution is 0.308. The van der Waals surface area contributed by atoms with Gasteiger partial charge in [0.05, 0.1) is 6.61 Å². The molecule has 0 radical (unpaired) electrons. The Labute approximate surface area is 89.2 Å². The molecular formula is C11H17FN2O. The molecule has 0 aromatic heterocycles. The van der Waals surface area contributed by atoms with Crippen molar-refractivity contribution in [3.05, 3.63) is 29.6 Å². The molecule has 1 aromatic rings. The molecule has 0 aliphatic heterocycles. The molecule has 15 heavy (non-hydrogen) atoms. The summed E-state index contributed by atoms with van der Waals surface area (Å²) in [6, 6.07) is 4.13. The van der Waals surface area contributed by atoms with Crippen LogP contribution in [0.15, 0.2) is 18.2 Å². The lowest BCUT2D eigenvalue weighted by Crippen LogP contribution is -2.11. The van der Waals surface area contributed by atoms with Crippen molar-refractivity contribution >= 4 is 0 Å². The predicted molar refractivity (Wildman–Crippen MR) is 58.2 cm³/mol. The van der Waals surface area contributed by atoms with Gasteiger partial charge in [-0.2, -0.15) is 0 Å². The molecule has 0 saturated heterocycles. The van der Waals surface area contributed by atoms with Crippen LogP contribution in [0.5, 0.6) is 5.75 Å². The molecule has 1 rings (SSSR count). The number of benzene rings is 1. The molecule has 4 N–H and O–H groups in total. The third-order valence-corrected chi connectivity index (χ3v) is 2.07. The lowest BCUT2D eigenvalue weighted by atomic mass is 10.1. The summed E-state index contributed by atoms with van der Waals surface area (Å²) >= 11 is 0. The Morgan fingerprint density at radius 3 is 2.80 bits per heavy atom. The molecule has 0 spiro atoms. The van der Waals surface area contributed by atoms with Gasteiger partial charge in [-0.1, -0.05) is 0 Å². The van der Waals surface area contributed by atoms with E-state index in [-0.39, 0.29) is 11.9 Å². The number of ether oxygens (including phenoxy) is 1. The Hall–Kier alpha value is -1.13. The van der Waals surface area contributed by atoms with Crippen LogP contribution in [0.4, 0.5) is 4.39 Å². The zero-order chi connectivity index (χ0) is 11.3. The highest BCUT2D eigenvalue weighted by atomic mass is 19.1. The Bertz CT molecular complexity index is 315. The van der Waals surface area contributed by atoms with Gasteiger partial charge < -0.3 is 16.2 Å². The molecule has 1 atom stereocenters. The minimum atomic E-state index is -0.298. The van der Waals surface area contributed by atoms with E-state index < -0.39 is 0 Å². The lowest BCUT2D eigenvalue weighted by Gasteiger charge is -2.13.